The summed E-state index contributed by atoms with van der Waals surface area (Å²) in [5, 5.41) is 6.01. The number of rotatable bonds is 4. The van der Waals surface area contributed by atoms with Crippen molar-refractivity contribution in [1.82, 2.24) is 10.6 Å². The standard InChI is InChI=1S/C12H18FN3O.HI/c1-14-12(15-2)16-7-9-4-5-11(13)10(6-9)8-17-3;/h4-6H,7-8H2,1-3H3,(H2,14,15,16);1H. The van der Waals surface area contributed by atoms with Crippen LogP contribution in [0, 0.1) is 5.82 Å². The second-order valence-electron chi connectivity index (χ2n) is 3.53. The molecule has 0 spiro atoms. The number of aliphatic imine (C=N–C) groups is 1. The van der Waals surface area contributed by atoms with Crippen LogP contribution in [-0.2, 0) is 17.9 Å². The van der Waals surface area contributed by atoms with Crippen molar-refractivity contribution in [2.75, 3.05) is 21.2 Å². The fourth-order valence-electron chi connectivity index (χ4n) is 1.47. The number of benzene rings is 1. The van der Waals surface area contributed by atoms with Gasteiger partial charge in [-0.2, -0.15) is 0 Å². The van der Waals surface area contributed by atoms with Crippen LogP contribution in [0.2, 0.25) is 0 Å². The van der Waals surface area contributed by atoms with E-state index >= 15 is 0 Å². The van der Waals surface area contributed by atoms with Crippen molar-refractivity contribution in [3.8, 4) is 0 Å². The Morgan fingerprint density at radius 1 is 1.44 bits per heavy atom. The molecular formula is C12H19FIN3O. The Kier molecular flexibility index (Phi) is 8.65. The van der Waals surface area contributed by atoms with Crippen molar-refractivity contribution in [3.05, 3.63) is 35.1 Å². The molecule has 0 aliphatic carbocycles. The summed E-state index contributed by atoms with van der Waals surface area (Å²) in [4.78, 5) is 3.99. The van der Waals surface area contributed by atoms with Crippen LogP contribution < -0.4 is 10.6 Å². The van der Waals surface area contributed by atoms with E-state index in [4.69, 9.17) is 4.74 Å². The van der Waals surface area contributed by atoms with Crippen LogP contribution in [0.4, 0.5) is 4.39 Å². The Balaban J connectivity index is 0.00000289. The predicted octanol–water partition coefficient (Wildman–Crippen LogP) is 1.88. The Morgan fingerprint density at radius 3 is 2.72 bits per heavy atom. The number of nitrogens with zero attached hydrogens (tertiary/aromatic N) is 1. The zero-order valence-corrected chi connectivity index (χ0v) is 13.1. The highest BCUT2D eigenvalue weighted by molar-refractivity contribution is 14.0. The number of hydrogen-bond donors (Lipinski definition) is 2. The van der Waals surface area contributed by atoms with Gasteiger partial charge in [-0.1, -0.05) is 6.07 Å². The van der Waals surface area contributed by atoms with Gasteiger partial charge >= 0.3 is 0 Å². The largest absolute Gasteiger partial charge is 0.380 e. The number of nitrogens with one attached hydrogen (secondary N) is 2. The lowest BCUT2D eigenvalue weighted by atomic mass is 10.1. The summed E-state index contributed by atoms with van der Waals surface area (Å²) < 4.78 is 18.3. The second-order valence-corrected chi connectivity index (χ2v) is 3.53. The first-order valence-corrected chi connectivity index (χ1v) is 5.36. The number of guanidine groups is 1. The van der Waals surface area contributed by atoms with Crippen molar-refractivity contribution in [1.29, 1.82) is 0 Å². The van der Waals surface area contributed by atoms with Crippen LogP contribution >= 0.6 is 24.0 Å². The van der Waals surface area contributed by atoms with E-state index < -0.39 is 0 Å². The van der Waals surface area contributed by atoms with Gasteiger partial charge in [0.05, 0.1) is 6.61 Å². The van der Waals surface area contributed by atoms with Gasteiger partial charge in [0.2, 0.25) is 0 Å². The molecule has 0 saturated heterocycles. The Morgan fingerprint density at radius 2 is 2.17 bits per heavy atom. The third kappa shape index (κ3) is 5.18. The van der Waals surface area contributed by atoms with Gasteiger partial charge in [0.15, 0.2) is 5.96 Å². The van der Waals surface area contributed by atoms with Gasteiger partial charge in [-0.3, -0.25) is 4.99 Å². The lowest BCUT2D eigenvalue weighted by molar-refractivity contribution is 0.181. The maximum atomic E-state index is 13.4. The van der Waals surface area contributed by atoms with Crippen LogP contribution in [-0.4, -0.2) is 27.2 Å². The molecule has 0 heterocycles. The summed E-state index contributed by atoms with van der Waals surface area (Å²) in [6.07, 6.45) is 0. The zero-order valence-electron chi connectivity index (χ0n) is 10.8. The molecule has 2 N–H and O–H groups in total. The highest BCUT2D eigenvalue weighted by atomic mass is 127. The highest BCUT2D eigenvalue weighted by Gasteiger charge is 2.03. The molecule has 4 nitrogen and oxygen atoms in total. The number of ether oxygens (including phenoxy) is 1. The first kappa shape index (κ1) is 17.1. The Hall–Kier alpha value is -0.890. The normalized spacial score (nSPS) is 10.8. The SMILES string of the molecule is CN=C(NC)NCc1ccc(F)c(COC)c1.I. The summed E-state index contributed by atoms with van der Waals surface area (Å²) in [5.74, 6) is 0.455. The van der Waals surface area contributed by atoms with Gasteiger partial charge in [0.25, 0.3) is 0 Å². The van der Waals surface area contributed by atoms with Gasteiger partial charge in [0.1, 0.15) is 5.82 Å². The van der Waals surface area contributed by atoms with Crippen molar-refractivity contribution < 1.29 is 9.13 Å². The molecule has 1 aromatic carbocycles. The van der Waals surface area contributed by atoms with E-state index in [1.54, 1.807) is 33.3 Å². The molecule has 0 unspecified atom stereocenters. The monoisotopic (exact) mass is 367 g/mol. The molecule has 1 aromatic rings. The molecular weight excluding hydrogens is 348 g/mol. The van der Waals surface area contributed by atoms with E-state index in [1.165, 1.54) is 6.07 Å². The molecule has 0 fully saturated rings. The fraction of sp³-hybridized carbons (Fsp3) is 0.417. The molecule has 102 valence electrons. The van der Waals surface area contributed by atoms with Gasteiger partial charge in [0, 0.05) is 33.3 Å². The third-order valence-electron chi connectivity index (χ3n) is 2.33. The van der Waals surface area contributed by atoms with Crippen LogP contribution in [0.3, 0.4) is 0 Å². The van der Waals surface area contributed by atoms with Gasteiger partial charge in [-0.15, -0.1) is 24.0 Å². The van der Waals surface area contributed by atoms with Crippen LogP contribution in [0.5, 0.6) is 0 Å². The summed E-state index contributed by atoms with van der Waals surface area (Å²) in [7, 11) is 5.03. The Labute approximate surface area is 124 Å². The molecule has 0 aliphatic rings. The minimum Gasteiger partial charge on any atom is -0.380 e. The average molecular weight is 367 g/mol. The number of halogens is 2. The van der Waals surface area contributed by atoms with E-state index in [0.29, 0.717) is 18.1 Å². The molecule has 0 bridgehead atoms. The van der Waals surface area contributed by atoms with Gasteiger partial charge in [-0.05, 0) is 17.7 Å². The van der Waals surface area contributed by atoms with E-state index in [1.807, 2.05) is 0 Å². The smallest absolute Gasteiger partial charge is 0.190 e. The molecule has 0 saturated carbocycles. The van der Waals surface area contributed by atoms with E-state index in [-0.39, 0.29) is 36.4 Å². The van der Waals surface area contributed by atoms with Crippen LogP contribution in [0.25, 0.3) is 0 Å². The summed E-state index contributed by atoms with van der Waals surface area (Å²) in [6, 6.07) is 4.98. The predicted molar refractivity (Wildman–Crippen MR) is 81.8 cm³/mol. The first-order valence-electron chi connectivity index (χ1n) is 5.36. The zero-order chi connectivity index (χ0) is 12.7. The van der Waals surface area contributed by atoms with Gasteiger partial charge in [-0.25, -0.2) is 4.39 Å². The van der Waals surface area contributed by atoms with Crippen molar-refractivity contribution in [2.45, 2.75) is 13.2 Å². The number of hydrogen-bond acceptors (Lipinski definition) is 2. The van der Waals surface area contributed by atoms with Gasteiger partial charge < -0.3 is 15.4 Å². The fourth-order valence-corrected chi connectivity index (χ4v) is 1.47. The lowest BCUT2D eigenvalue weighted by Crippen LogP contribution is -2.34. The molecule has 6 heteroatoms. The minimum atomic E-state index is -0.242. The topological polar surface area (TPSA) is 45.7 Å². The van der Waals surface area contributed by atoms with E-state index in [0.717, 1.165) is 5.56 Å². The summed E-state index contributed by atoms with van der Waals surface area (Å²) >= 11 is 0. The number of methoxy groups -OCH3 is 1. The van der Waals surface area contributed by atoms with Crippen molar-refractivity contribution in [3.63, 3.8) is 0 Å². The molecule has 0 aromatic heterocycles. The molecule has 18 heavy (non-hydrogen) atoms. The lowest BCUT2D eigenvalue weighted by Gasteiger charge is -2.10. The average Bonchev–Trinajstić information content (AvgIpc) is 2.34. The molecule has 0 aliphatic heterocycles. The van der Waals surface area contributed by atoms with E-state index in [9.17, 15) is 4.39 Å². The molecule has 0 amide bonds. The van der Waals surface area contributed by atoms with Crippen molar-refractivity contribution in [2.24, 2.45) is 4.99 Å². The molecule has 1 rings (SSSR count). The maximum Gasteiger partial charge on any atom is 0.190 e. The molecule has 0 radical (unpaired) electrons. The summed E-state index contributed by atoms with van der Waals surface area (Å²) in [5.41, 5.74) is 1.54. The second kappa shape index (κ2) is 9.09. The Bertz CT molecular complexity index is 399. The maximum absolute atomic E-state index is 13.4. The quantitative estimate of drug-likeness (QED) is 0.485. The highest BCUT2D eigenvalue weighted by Crippen LogP contribution is 2.11. The molecule has 0 atom stereocenters. The van der Waals surface area contributed by atoms with Crippen LogP contribution in [0.1, 0.15) is 11.1 Å². The summed E-state index contributed by atoms with van der Waals surface area (Å²) in [6.45, 7) is 0.866. The van der Waals surface area contributed by atoms with Crippen molar-refractivity contribution >= 4 is 29.9 Å². The van der Waals surface area contributed by atoms with E-state index in [2.05, 4.69) is 15.6 Å². The first-order chi connectivity index (χ1) is 8.21. The van der Waals surface area contributed by atoms with Crippen LogP contribution in [0.15, 0.2) is 23.2 Å². The minimum absolute atomic E-state index is 0. The third-order valence-corrected chi connectivity index (χ3v) is 2.33.